The average Bonchev–Trinajstić information content (AvgIpc) is 2.79. The minimum absolute atomic E-state index is 0. The van der Waals surface area contributed by atoms with E-state index >= 15 is 0 Å². The zero-order chi connectivity index (χ0) is 14.9. The number of phosphoric acid groups is 1. The summed E-state index contributed by atoms with van der Waals surface area (Å²) >= 11 is 0. The standard InChI is InChI=1S/C10H15N2O7P.2Na/c1-6-4-12(10(14)11-9(6)13)8-3-2-7(19-8)5-18-20(15,16)17;;/h4,7-8H,2-3,5H2,1H3,(H,11,13,14)(H2,15,16,17);;. The van der Waals surface area contributed by atoms with E-state index < -0.39 is 31.4 Å². The number of nitrogens with one attached hydrogen (secondary N) is 1. The normalized spacial score (nSPS) is 21.0. The number of rotatable bonds is 4. The smallest absolute Gasteiger partial charge is 0.352 e. The van der Waals surface area contributed by atoms with Gasteiger partial charge in [-0.15, -0.1) is 0 Å². The Bertz CT molecular complexity index is 655. The molecule has 1 aliphatic rings. The fraction of sp³-hybridized carbons (Fsp3) is 0.600. The largest absolute Gasteiger partial charge is 0.469 e. The number of aryl methyl sites for hydroxylation is 1. The molecule has 1 fully saturated rings. The van der Waals surface area contributed by atoms with Gasteiger partial charge in [-0.05, 0) is 19.8 Å². The second-order valence-corrected chi connectivity index (χ2v) is 5.79. The van der Waals surface area contributed by atoms with E-state index in [0.717, 1.165) is 0 Å². The van der Waals surface area contributed by atoms with Crippen molar-refractivity contribution in [2.45, 2.75) is 32.1 Å². The molecule has 0 bridgehead atoms. The van der Waals surface area contributed by atoms with E-state index in [0.29, 0.717) is 18.4 Å². The van der Waals surface area contributed by atoms with Gasteiger partial charge in [0.15, 0.2) is 0 Å². The van der Waals surface area contributed by atoms with Crippen molar-refractivity contribution in [2.24, 2.45) is 0 Å². The second-order valence-electron chi connectivity index (χ2n) is 4.56. The zero-order valence-electron chi connectivity index (χ0n) is 12.7. The predicted octanol–water partition coefficient (Wildman–Crippen LogP) is -1.13. The maximum atomic E-state index is 11.7. The molecule has 2 radical (unpaired) electrons. The Balaban J connectivity index is 0.00000220. The molecule has 0 aliphatic carbocycles. The molecule has 2 atom stereocenters. The molecule has 1 saturated heterocycles. The van der Waals surface area contributed by atoms with E-state index in [1.54, 1.807) is 6.92 Å². The first kappa shape index (κ1) is 22.8. The molecule has 2 heterocycles. The third-order valence-corrected chi connectivity index (χ3v) is 3.46. The Labute approximate surface area is 170 Å². The summed E-state index contributed by atoms with van der Waals surface area (Å²) in [5, 5.41) is 0. The van der Waals surface area contributed by atoms with E-state index in [2.05, 4.69) is 9.51 Å². The molecule has 1 aromatic rings. The van der Waals surface area contributed by atoms with Crippen molar-refractivity contribution in [3.05, 3.63) is 32.6 Å². The number of nitrogens with zero attached hydrogens (tertiary/aromatic N) is 1. The van der Waals surface area contributed by atoms with E-state index in [4.69, 9.17) is 14.5 Å². The molecule has 1 aromatic heterocycles. The molecule has 12 heteroatoms. The molecule has 9 nitrogen and oxygen atoms in total. The number of ether oxygens (including phenoxy) is 1. The summed E-state index contributed by atoms with van der Waals surface area (Å²) in [6, 6.07) is 0. The van der Waals surface area contributed by atoms with Crippen LogP contribution in [0.1, 0.15) is 24.6 Å². The topological polar surface area (TPSA) is 131 Å². The molecule has 2 rings (SSSR count). The van der Waals surface area contributed by atoms with Crippen molar-refractivity contribution in [2.75, 3.05) is 6.61 Å². The summed E-state index contributed by atoms with van der Waals surface area (Å²) in [4.78, 5) is 42.3. The van der Waals surface area contributed by atoms with Crippen molar-refractivity contribution in [1.29, 1.82) is 0 Å². The van der Waals surface area contributed by atoms with E-state index in [1.807, 2.05) is 0 Å². The van der Waals surface area contributed by atoms with Crippen LogP contribution in [0.3, 0.4) is 0 Å². The Kier molecular flexibility index (Phi) is 9.61. The van der Waals surface area contributed by atoms with Gasteiger partial charge in [-0.3, -0.25) is 18.9 Å². The number of aromatic amines is 1. The monoisotopic (exact) mass is 352 g/mol. The van der Waals surface area contributed by atoms with Crippen molar-refractivity contribution in [3.63, 3.8) is 0 Å². The summed E-state index contributed by atoms with van der Waals surface area (Å²) < 4.78 is 21.7. The van der Waals surface area contributed by atoms with Crippen molar-refractivity contribution in [3.8, 4) is 0 Å². The third-order valence-electron chi connectivity index (χ3n) is 2.97. The summed E-state index contributed by atoms with van der Waals surface area (Å²) in [5.74, 6) is 0. The van der Waals surface area contributed by atoms with E-state index in [1.165, 1.54) is 10.8 Å². The first-order valence-electron chi connectivity index (χ1n) is 5.94. The van der Waals surface area contributed by atoms with Crippen LogP contribution in [-0.2, 0) is 13.8 Å². The van der Waals surface area contributed by atoms with Crippen LogP contribution < -0.4 is 11.2 Å². The van der Waals surface area contributed by atoms with Gasteiger partial charge in [0, 0.05) is 70.9 Å². The summed E-state index contributed by atoms with van der Waals surface area (Å²) in [6.45, 7) is 1.32. The number of hydrogen-bond donors (Lipinski definition) is 3. The maximum Gasteiger partial charge on any atom is 0.469 e. The van der Waals surface area contributed by atoms with E-state index in [9.17, 15) is 14.2 Å². The number of H-pyrrole nitrogens is 1. The molecule has 2 unspecified atom stereocenters. The minimum Gasteiger partial charge on any atom is -0.352 e. The molecule has 1 aliphatic heterocycles. The van der Waals surface area contributed by atoms with Crippen molar-refractivity contribution < 1.29 is 23.6 Å². The Morgan fingerprint density at radius 2 is 2.05 bits per heavy atom. The van der Waals surface area contributed by atoms with Gasteiger partial charge in [0.1, 0.15) is 6.23 Å². The predicted molar refractivity (Wildman–Crippen MR) is 78.7 cm³/mol. The molecule has 22 heavy (non-hydrogen) atoms. The van der Waals surface area contributed by atoms with Crippen LogP contribution in [0.2, 0.25) is 0 Å². The van der Waals surface area contributed by atoms with Gasteiger partial charge < -0.3 is 14.5 Å². The van der Waals surface area contributed by atoms with Crippen LogP contribution in [0.5, 0.6) is 0 Å². The minimum atomic E-state index is -4.53. The Morgan fingerprint density at radius 1 is 1.41 bits per heavy atom. The summed E-state index contributed by atoms with van der Waals surface area (Å²) in [6.07, 6.45) is 1.30. The van der Waals surface area contributed by atoms with Gasteiger partial charge in [-0.25, -0.2) is 9.36 Å². The first-order chi connectivity index (χ1) is 9.26. The molecule has 0 spiro atoms. The fourth-order valence-corrected chi connectivity index (χ4v) is 2.35. The Hall–Kier alpha value is 0.750. The van der Waals surface area contributed by atoms with Crippen LogP contribution in [-0.4, -0.2) is 91.2 Å². The SMILES string of the molecule is Cc1cn(C2CCC(COP(=O)(O)O)O2)c(=O)[nH]c1=O.[Na].[Na]. The third kappa shape index (κ3) is 6.33. The van der Waals surface area contributed by atoms with Gasteiger partial charge in [-0.2, -0.15) is 0 Å². The maximum absolute atomic E-state index is 11.7. The van der Waals surface area contributed by atoms with Gasteiger partial charge in [0.25, 0.3) is 5.56 Å². The van der Waals surface area contributed by atoms with Gasteiger partial charge >= 0.3 is 13.5 Å². The molecule has 0 aromatic carbocycles. The molecule has 3 N–H and O–H groups in total. The average molecular weight is 352 g/mol. The molecule has 0 amide bonds. The molecule has 114 valence electrons. The van der Waals surface area contributed by atoms with Crippen LogP contribution in [0, 0.1) is 6.92 Å². The fourth-order valence-electron chi connectivity index (χ4n) is 1.99. The van der Waals surface area contributed by atoms with Gasteiger partial charge in [0.05, 0.1) is 12.7 Å². The van der Waals surface area contributed by atoms with E-state index in [-0.39, 0.29) is 65.7 Å². The molecule has 0 saturated carbocycles. The zero-order valence-corrected chi connectivity index (χ0v) is 17.6. The van der Waals surface area contributed by atoms with Crippen LogP contribution >= 0.6 is 7.82 Å². The van der Waals surface area contributed by atoms with Crippen molar-refractivity contribution in [1.82, 2.24) is 9.55 Å². The quantitative estimate of drug-likeness (QED) is 0.462. The van der Waals surface area contributed by atoms with Gasteiger partial charge in [-0.1, -0.05) is 0 Å². The first-order valence-corrected chi connectivity index (χ1v) is 7.47. The van der Waals surface area contributed by atoms with Crippen LogP contribution in [0.4, 0.5) is 0 Å². The Morgan fingerprint density at radius 3 is 2.64 bits per heavy atom. The molecular formula is C10H15N2Na2O7P. The van der Waals surface area contributed by atoms with Crippen molar-refractivity contribution >= 4 is 66.9 Å². The number of aromatic nitrogens is 2. The number of phosphoric ester groups is 1. The molecular weight excluding hydrogens is 337 g/mol. The van der Waals surface area contributed by atoms with Crippen LogP contribution in [0.25, 0.3) is 0 Å². The van der Waals surface area contributed by atoms with Crippen LogP contribution in [0.15, 0.2) is 15.8 Å². The second kappa shape index (κ2) is 9.29. The van der Waals surface area contributed by atoms with Gasteiger partial charge in [0.2, 0.25) is 0 Å². The summed E-state index contributed by atoms with van der Waals surface area (Å²) in [7, 11) is -4.53. The number of hydrogen-bond acceptors (Lipinski definition) is 5. The summed E-state index contributed by atoms with van der Waals surface area (Å²) in [5.41, 5.74) is -0.657.